The summed E-state index contributed by atoms with van der Waals surface area (Å²) in [6.45, 7) is 0. The van der Waals surface area contributed by atoms with Gasteiger partial charge in [-0.2, -0.15) is 0 Å². The second kappa shape index (κ2) is 5.91. The fraction of sp³-hybridized carbons (Fsp3) is 0.308. The molecule has 0 aliphatic rings. The molecule has 0 radical (unpaired) electrons. The summed E-state index contributed by atoms with van der Waals surface area (Å²) in [5.41, 5.74) is 8.21. The third-order valence-corrected chi connectivity index (χ3v) is 3.43. The molecule has 4 nitrogen and oxygen atoms in total. The Labute approximate surface area is 114 Å². The van der Waals surface area contributed by atoms with E-state index in [0.717, 1.165) is 41.2 Å². The molecule has 0 fully saturated rings. The molecule has 0 spiro atoms. The summed E-state index contributed by atoms with van der Waals surface area (Å²) in [5.74, 6) is 0. The lowest BCUT2D eigenvalue weighted by molar-refractivity contribution is 0.259. The minimum Gasteiger partial charge on any atom is -0.361 e. The number of hydrogen-bond acceptors (Lipinski definition) is 1. The number of fused-ring (bicyclic) bond motifs is 1. The number of anilines is 1. The lowest BCUT2D eigenvalue weighted by Gasteiger charge is -2.03. The number of aryl methyl sites for hydroxylation is 1. The number of carbonyl (C=O) groups excluding carboxylic acids is 1. The zero-order valence-corrected chi connectivity index (χ0v) is 11.6. The molecular weight excluding hydrogens is 294 g/mol. The van der Waals surface area contributed by atoms with Gasteiger partial charge in [0.05, 0.1) is 0 Å². The molecule has 5 heteroatoms. The van der Waals surface area contributed by atoms with Gasteiger partial charge < -0.3 is 16.0 Å². The zero-order valence-electron chi connectivity index (χ0n) is 10.0. The maximum atomic E-state index is 10.8. The molecule has 0 saturated carbocycles. The van der Waals surface area contributed by atoms with Gasteiger partial charge in [0.15, 0.2) is 0 Å². The molecule has 0 aliphatic heterocycles. The predicted octanol–water partition coefficient (Wildman–Crippen LogP) is 3.38. The maximum absolute atomic E-state index is 10.8. The lowest BCUT2D eigenvalue weighted by atomic mass is 10.1. The highest BCUT2D eigenvalue weighted by atomic mass is 79.9. The number of aromatic amines is 1. The number of halogens is 1. The summed E-state index contributed by atoms with van der Waals surface area (Å²) in [6, 6.07) is 5.21. The Hall–Kier alpha value is -1.49. The molecule has 2 aromatic rings. The fourth-order valence-corrected chi connectivity index (χ4v) is 2.41. The van der Waals surface area contributed by atoms with Gasteiger partial charge in [-0.1, -0.05) is 15.9 Å². The van der Waals surface area contributed by atoms with E-state index in [4.69, 9.17) is 5.73 Å². The van der Waals surface area contributed by atoms with Crippen LogP contribution >= 0.6 is 15.9 Å². The number of rotatable bonds is 5. The Morgan fingerprint density at radius 2 is 2.22 bits per heavy atom. The molecular formula is C13H16BrN3O. The quantitative estimate of drug-likeness (QED) is 0.575. The number of H-pyrrole nitrogens is 1. The number of carbonyl (C=O) groups is 1. The minimum absolute atomic E-state index is 0.536. The smallest absolute Gasteiger partial charge is 0.316 e. The molecule has 0 atom stereocenters. The molecule has 1 aromatic heterocycles. The van der Waals surface area contributed by atoms with Crippen LogP contribution in [0.25, 0.3) is 10.9 Å². The summed E-state index contributed by atoms with van der Waals surface area (Å²) in [6.07, 6.45) is 5.37. The second-order valence-electron chi connectivity index (χ2n) is 4.21. The summed E-state index contributed by atoms with van der Waals surface area (Å²) in [5, 5.41) is 4.78. The normalized spacial score (nSPS) is 10.7. The van der Waals surface area contributed by atoms with Crippen LogP contribution < -0.4 is 11.1 Å². The Balaban J connectivity index is 2.22. The number of aromatic nitrogens is 1. The van der Waals surface area contributed by atoms with Gasteiger partial charge in [0.25, 0.3) is 0 Å². The molecule has 2 amide bonds. The van der Waals surface area contributed by atoms with Crippen molar-refractivity contribution in [3.63, 3.8) is 0 Å². The molecule has 1 heterocycles. The van der Waals surface area contributed by atoms with Crippen molar-refractivity contribution in [3.05, 3.63) is 30.0 Å². The largest absolute Gasteiger partial charge is 0.361 e. The molecule has 0 unspecified atom stereocenters. The van der Waals surface area contributed by atoms with Gasteiger partial charge in [-0.3, -0.25) is 0 Å². The predicted molar refractivity (Wildman–Crippen MR) is 78.2 cm³/mol. The third kappa shape index (κ3) is 3.04. The van der Waals surface area contributed by atoms with Gasteiger partial charge in [0.1, 0.15) is 0 Å². The van der Waals surface area contributed by atoms with E-state index in [0.29, 0.717) is 0 Å². The topological polar surface area (TPSA) is 70.9 Å². The maximum Gasteiger partial charge on any atom is 0.316 e. The van der Waals surface area contributed by atoms with E-state index in [9.17, 15) is 4.79 Å². The van der Waals surface area contributed by atoms with Crippen molar-refractivity contribution >= 4 is 38.6 Å². The van der Waals surface area contributed by atoms with E-state index in [2.05, 4.69) is 26.2 Å². The van der Waals surface area contributed by atoms with E-state index in [1.807, 2.05) is 24.4 Å². The van der Waals surface area contributed by atoms with Crippen LogP contribution in [0.3, 0.4) is 0 Å². The van der Waals surface area contributed by atoms with Gasteiger partial charge in [-0.25, -0.2) is 4.79 Å². The van der Waals surface area contributed by atoms with Crippen molar-refractivity contribution in [1.82, 2.24) is 4.98 Å². The molecule has 2 rings (SSSR count). The number of amides is 2. The zero-order chi connectivity index (χ0) is 13.0. The molecule has 4 N–H and O–H groups in total. The van der Waals surface area contributed by atoms with E-state index in [1.54, 1.807) is 0 Å². The van der Waals surface area contributed by atoms with Crippen LogP contribution in [0, 0.1) is 0 Å². The van der Waals surface area contributed by atoms with Crippen molar-refractivity contribution in [2.75, 3.05) is 10.6 Å². The molecule has 96 valence electrons. The number of benzene rings is 1. The van der Waals surface area contributed by atoms with Gasteiger partial charge >= 0.3 is 6.03 Å². The highest BCUT2D eigenvalue weighted by molar-refractivity contribution is 9.09. The first kappa shape index (κ1) is 13.0. The second-order valence-corrected chi connectivity index (χ2v) is 5.00. The Kier molecular flexibility index (Phi) is 4.25. The average Bonchev–Trinajstić information content (AvgIpc) is 2.72. The van der Waals surface area contributed by atoms with Crippen LogP contribution in [0.5, 0.6) is 0 Å². The van der Waals surface area contributed by atoms with Gasteiger partial charge in [0, 0.05) is 28.1 Å². The Morgan fingerprint density at radius 3 is 2.94 bits per heavy atom. The average molecular weight is 310 g/mol. The highest BCUT2D eigenvalue weighted by Gasteiger charge is 2.05. The summed E-state index contributed by atoms with van der Waals surface area (Å²) in [4.78, 5) is 14.1. The van der Waals surface area contributed by atoms with Crippen molar-refractivity contribution < 1.29 is 4.79 Å². The Morgan fingerprint density at radius 1 is 1.39 bits per heavy atom. The van der Waals surface area contributed by atoms with Crippen molar-refractivity contribution in [2.24, 2.45) is 5.73 Å². The Bertz CT molecular complexity index is 550. The van der Waals surface area contributed by atoms with Crippen molar-refractivity contribution in [3.8, 4) is 0 Å². The first-order valence-electron chi connectivity index (χ1n) is 5.93. The monoisotopic (exact) mass is 309 g/mol. The van der Waals surface area contributed by atoms with Gasteiger partial charge in [-0.15, -0.1) is 0 Å². The summed E-state index contributed by atoms with van der Waals surface area (Å²) in [7, 11) is 0. The number of unbranched alkanes of at least 4 members (excludes halogenated alkanes) is 1. The molecule has 0 aliphatic carbocycles. The van der Waals surface area contributed by atoms with Gasteiger partial charge in [-0.05, 0) is 43.0 Å². The molecule has 18 heavy (non-hydrogen) atoms. The number of nitrogens with one attached hydrogen (secondary N) is 2. The molecule has 0 saturated heterocycles. The number of alkyl halides is 1. The van der Waals surface area contributed by atoms with E-state index in [1.165, 1.54) is 5.56 Å². The fourth-order valence-electron chi connectivity index (χ4n) is 2.02. The highest BCUT2D eigenvalue weighted by Crippen LogP contribution is 2.23. The lowest BCUT2D eigenvalue weighted by Crippen LogP contribution is -2.19. The van der Waals surface area contributed by atoms with Crippen LogP contribution in [0.4, 0.5) is 10.5 Å². The van der Waals surface area contributed by atoms with Crippen LogP contribution in [0.2, 0.25) is 0 Å². The standard InChI is InChI=1S/C13H16BrN3O/c14-6-2-1-3-9-8-16-12-5-4-10(7-11(9)12)17-13(15)18/h4-5,7-8,16H,1-3,6H2,(H3,15,17,18). The van der Waals surface area contributed by atoms with E-state index >= 15 is 0 Å². The number of hydrogen-bond donors (Lipinski definition) is 3. The van der Waals surface area contributed by atoms with Crippen LogP contribution in [0.15, 0.2) is 24.4 Å². The first-order valence-corrected chi connectivity index (χ1v) is 7.05. The molecule has 1 aromatic carbocycles. The van der Waals surface area contributed by atoms with Crippen LogP contribution in [0.1, 0.15) is 18.4 Å². The van der Waals surface area contributed by atoms with Crippen molar-refractivity contribution in [2.45, 2.75) is 19.3 Å². The minimum atomic E-state index is -0.536. The van der Waals surface area contributed by atoms with E-state index in [-0.39, 0.29) is 0 Å². The van der Waals surface area contributed by atoms with E-state index < -0.39 is 6.03 Å². The van der Waals surface area contributed by atoms with Crippen molar-refractivity contribution in [1.29, 1.82) is 0 Å². The number of nitrogens with two attached hydrogens (primary N) is 1. The number of urea groups is 1. The first-order chi connectivity index (χ1) is 8.70. The molecule has 0 bridgehead atoms. The SMILES string of the molecule is NC(=O)Nc1ccc2[nH]cc(CCCCBr)c2c1. The summed E-state index contributed by atoms with van der Waals surface area (Å²) < 4.78 is 0. The van der Waals surface area contributed by atoms with Crippen LogP contribution in [-0.4, -0.2) is 16.3 Å². The van der Waals surface area contributed by atoms with Gasteiger partial charge in [0.2, 0.25) is 0 Å². The summed E-state index contributed by atoms with van der Waals surface area (Å²) >= 11 is 3.43. The number of primary amides is 1. The third-order valence-electron chi connectivity index (χ3n) is 2.86. The van der Waals surface area contributed by atoms with Crippen LogP contribution in [-0.2, 0) is 6.42 Å².